The molecule has 0 N–H and O–H groups in total. The van der Waals surface area contributed by atoms with Gasteiger partial charge in [0.05, 0.1) is 19.4 Å². The number of imide groups is 1. The summed E-state index contributed by atoms with van der Waals surface area (Å²) in [6.07, 6.45) is -0.614. The minimum Gasteiger partial charge on any atom is -0.468 e. The van der Waals surface area contributed by atoms with Crippen LogP contribution in [0.5, 0.6) is 0 Å². The largest absolute Gasteiger partial charge is 0.468 e. The number of halogens is 1. The number of methoxy groups -OCH3 is 1. The van der Waals surface area contributed by atoms with Gasteiger partial charge in [0, 0.05) is 19.1 Å². The molecular formula is C17H19ClN4O4S. The van der Waals surface area contributed by atoms with E-state index in [-0.39, 0.29) is 24.2 Å². The van der Waals surface area contributed by atoms with Crippen molar-refractivity contribution in [2.45, 2.75) is 18.8 Å². The fourth-order valence-corrected chi connectivity index (χ4v) is 3.97. The molecule has 0 saturated carbocycles. The van der Waals surface area contributed by atoms with Gasteiger partial charge < -0.3 is 14.5 Å². The summed E-state index contributed by atoms with van der Waals surface area (Å²) in [5.74, 6) is -0.622. The lowest BCUT2D eigenvalue weighted by Crippen LogP contribution is -2.64. The summed E-state index contributed by atoms with van der Waals surface area (Å²) in [4.78, 5) is 46.0. The van der Waals surface area contributed by atoms with Crippen molar-refractivity contribution < 1.29 is 19.1 Å². The topological polar surface area (TPSA) is 82.5 Å². The second-order valence-electron chi connectivity index (χ2n) is 6.19. The zero-order valence-electron chi connectivity index (χ0n) is 15.1. The zero-order chi connectivity index (χ0) is 19.7. The van der Waals surface area contributed by atoms with Crippen molar-refractivity contribution in [1.82, 2.24) is 14.7 Å². The molecule has 0 bridgehead atoms. The first-order valence-electron chi connectivity index (χ1n) is 8.16. The number of amides is 3. The van der Waals surface area contributed by atoms with Crippen LogP contribution in [0.1, 0.15) is 5.56 Å². The maximum absolute atomic E-state index is 13.0. The van der Waals surface area contributed by atoms with E-state index in [0.29, 0.717) is 10.2 Å². The maximum atomic E-state index is 13.0. The Kier molecular flexibility index (Phi) is 5.61. The first-order valence-corrected chi connectivity index (χ1v) is 9.52. The molecule has 2 aliphatic rings. The summed E-state index contributed by atoms with van der Waals surface area (Å²) in [6.45, 7) is 0.154. The Morgan fingerprint density at radius 1 is 1.22 bits per heavy atom. The van der Waals surface area contributed by atoms with Crippen LogP contribution in [0.2, 0.25) is 5.02 Å². The van der Waals surface area contributed by atoms with Gasteiger partial charge in [0.2, 0.25) is 0 Å². The molecule has 10 heteroatoms. The Morgan fingerprint density at radius 3 is 2.52 bits per heavy atom. The normalized spacial score (nSPS) is 22.1. The van der Waals surface area contributed by atoms with Gasteiger partial charge in [0.15, 0.2) is 17.4 Å². The molecule has 3 amide bonds. The van der Waals surface area contributed by atoms with E-state index in [1.165, 1.54) is 28.7 Å². The standard InChI is InChI=1S/C17H19ClN4O4S/c1-20-13-14(19-16(20)27-9-12(23)26-3)21(2)17(25)22(15(13)24)8-10-4-6-11(18)7-5-10/h4-7,13-14H,8-9H2,1-3H3. The molecule has 0 aliphatic carbocycles. The summed E-state index contributed by atoms with van der Waals surface area (Å²) >= 11 is 7.07. The van der Waals surface area contributed by atoms with Crippen LogP contribution < -0.4 is 0 Å². The molecule has 1 aromatic carbocycles. The maximum Gasteiger partial charge on any atom is 0.328 e. The van der Waals surface area contributed by atoms with Gasteiger partial charge in [-0.2, -0.15) is 0 Å². The lowest BCUT2D eigenvalue weighted by molar-refractivity contribution is -0.138. The SMILES string of the molecule is COC(=O)CSC1=NC2C(C(=O)N(Cc3ccc(Cl)cc3)C(=O)N2C)N1C. The number of aliphatic imine (C=N–C) groups is 1. The predicted octanol–water partition coefficient (Wildman–Crippen LogP) is 1.64. The average Bonchev–Trinajstić information content (AvgIpc) is 2.99. The molecule has 2 aliphatic heterocycles. The van der Waals surface area contributed by atoms with Gasteiger partial charge in [-0.05, 0) is 17.7 Å². The highest BCUT2D eigenvalue weighted by Gasteiger charge is 2.51. The number of ether oxygens (including phenoxy) is 1. The lowest BCUT2D eigenvalue weighted by atomic mass is 10.1. The molecule has 2 unspecified atom stereocenters. The number of nitrogens with zero attached hydrogens (tertiary/aromatic N) is 4. The van der Waals surface area contributed by atoms with E-state index < -0.39 is 18.2 Å². The Morgan fingerprint density at radius 2 is 1.89 bits per heavy atom. The Bertz CT molecular complexity index is 801. The number of likely N-dealkylation sites (N-methyl/N-ethyl adjacent to an activating group) is 2. The number of thioether (sulfide) groups is 1. The highest BCUT2D eigenvalue weighted by molar-refractivity contribution is 8.14. The summed E-state index contributed by atoms with van der Waals surface area (Å²) in [5.41, 5.74) is 0.801. The summed E-state index contributed by atoms with van der Waals surface area (Å²) < 4.78 is 4.63. The third-order valence-corrected chi connectivity index (χ3v) is 5.78. The average molecular weight is 411 g/mol. The number of fused-ring (bicyclic) bond motifs is 1. The molecule has 2 heterocycles. The number of hydrogen-bond donors (Lipinski definition) is 0. The minimum atomic E-state index is -0.625. The monoisotopic (exact) mass is 410 g/mol. The van der Waals surface area contributed by atoms with Gasteiger partial charge in [-0.1, -0.05) is 35.5 Å². The van der Waals surface area contributed by atoms with Crippen molar-refractivity contribution in [1.29, 1.82) is 0 Å². The Balaban J connectivity index is 1.78. The van der Waals surface area contributed by atoms with Gasteiger partial charge in [0.25, 0.3) is 5.91 Å². The minimum absolute atomic E-state index is 0.0828. The second kappa shape index (κ2) is 7.77. The second-order valence-corrected chi connectivity index (χ2v) is 7.57. The fourth-order valence-electron chi connectivity index (χ4n) is 2.98. The molecule has 3 rings (SSSR count). The van der Waals surface area contributed by atoms with E-state index >= 15 is 0 Å². The van der Waals surface area contributed by atoms with Gasteiger partial charge in [-0.15, -0.1) is 0 Å². The van der Waals surface area contributed by atoms with Gasteiger partial charge in [-0.3, -0.25) is 14.5 Å². The number of carbonyl (C=O) groups excluding carboxylic acids is 3. The molecule has 1 fully saturated rings. The predicted molar refractivity (Wildman–Crippen MR) is 102 cm³/mol. The van der Waals surface area contributed by atoms with Crippen molar-refractivity contribution in [3.05, 3.63) is 34.9 Å². The highest BCUT2D eigenvalue weighted by Crippen LogP contribution is 2.30. The summed E-state index contributed by atoms with van der Waals surface area (Å²) in [6, 6.07) is 5.96. The van der Waals surface area contributed by atoms with E-state index in [1.54, 1.807) is 43.3 Å². The number of esters is 1. The van der Waals surface area contributed by atoms with Gasteiger partial charge in [-0.25, -0.2) is 9.79 Å². The Labute approximate surface area is 166 Å². The van der Waals surface area contributed by atoms with Crippen molar-refractivity contribution >= 4 is 46.4 Å². The summed E-state index contributed by atoms with van der Waals surface area (Å²) in [7, 11) is 4.66. The number of hydrogen-bond acceptors (Lipinski definition) is 7. The third-order valence-electron chi connectivity index (χ3n) is 4.49. The first-order chi connectivity index (χ1) is 12.8. The van der Waals surface area contributed by atoms with Crippen molar-refractivity contribution in [2.75, 3.05) is 27.0 Å². The molecule has 27 heavy (non-hydrogen) atoms. The zero-order valence-corrected chi connectivity index (χ0v) is 16.7. The van der Waals surface area contributed by atoms with Crippen LogP contribution in [0.3, 0.4) is 0 Å². The smallest absolute Gasteiger partial charge is 0.328 e. The number of rotatable bonds is 4. The number of benzene rings is 1. The third kappa shape index (κ3) is 3.74. The van der Waals surface area contributed by atoms with Crippen molar-refractivity contribution in [3.63, 3.8) is 0 Å². The van der Waals surface area contributed by atoms with E-state index in [1.807, 2.05) is 0 Å². The molecule has 1 aromatic rings. The van der Waals surface area contributed by atoms with Crippen LogP contribution in [0.15, 0.2) is 29.3 Å². The van der Waals surface area contributed by atoms with Crippen LogP contribution in [0, 0.1) is 0 Å². The van der Waals surface area contributed by atoms with E-state index in [4.69, 9.17) is 11.6 Å². The molecule has 0 aromatic heterocycles. The van der Waals surface area contributed by atoms with E-state index in [2.05, 4.69) is 9.73 Å². The molecular weight excluding hydrogens is 392 g/mol. The molecule has 8 nitrogen and oxygen atoms in total. The number of amidine groups is 1. The van der Waals surface area contributed by atoms with Crippen LogP contribution in [-0.4, -0.2) is 76.9 Å². The molecule has 2 atom stereocenters. The quantitative estimate of drug-likeness (QED) is 0.702. The van der Waals surface area contributed by atoms with Crippen LogP contribution in [-0.2, 0) is 20.9 Å². The molecule has 144 valence electrons. The summed E-state index contributed by atoms with van der Waals surface area (Å²) in [5, 5.41) is 1.11. The van der Waals surface area contributed by atoms with Crippen molar-refractivity contribution in [2.24, 2.45) is 4.99 Å². The van der Waals surface area contributed by atoms with E-state index in [9.17, 15) is 14.4 Å². The van der Waals surface area contributed by atoms with Gasteiger partial charge >= 0.3 is 12.0 Å². The fraction of sp³-hybridized carbons (Fsp3) is 0.412. The van der Waals surface area contributed by atoms with E-state index in [0.717, 1.165) is 5.56 Å². The first kappa shape index (κ1) is 19.5. The van der Waals surface area contributed by atoms with Crippen LogP contribution in [0.4, 0.5) is 4.79 Å². The lowest BCUT2D eigenvalue weighted by Gasteiger charge is -2.40. The molecule has 0 spiro atoms. The molecule has 1 saturated heterocycles. The van der Waals surface area contributed by atoms with Crippen LogP contribution >= 0.6 is 23.4 Å². The Hall–Kier alpha value is -2.26. The molecule has 0 radical (unpaired) electrons. The number of urea groups is 1. The van der Waals surface area contributed by atoms with Crippen LogP contribution in [0.25, 0.3) is 0 Å². The van der Waals surface area contributed by atoms with Gasteiger partial charge in [0.1, 0.15) is 0 Å². The number of carbonyl (C=O) groups is 3. The van der Waals surface area contributed by atoms with Crippen molar-refractivity contribution in [3.8, 4) is 0 Å². The highest BCUT2D eigenvalue weighted by atomic mass is 35.5.